The Bertz CT molecular complexity index is 1080. The molecule has 174 valence electrons. The van der Waals surface area contributed by atoms with Gasteiger partial charge in [-0.3, -0.25) is 0 Å². The summed E-state index contributed by atoms with van der Waals surface area (Å²) in [5, 5.41) is 0. The van der Waals surface area contributed by atoms with Gasteiger partial charge in [-0.25, -0.2) is 13.2 Å². The van der Waals surface area contributed by atoms with E-state index >= 15 is 8.78 Å². The molecule has 0 saturated heterocycles. The molecule has 1 fully saturated rings. The zero-order valence-electron chi connectivity index (χ0n) is 19.6. The molecule has 3 aromatic rings. The smallest absolute Gasteiger partial charge is 0.166 e. The topological polar surface area (TPSA) is 0 Å². The van der Waals surface area contributed by atoms with Crippen LogP contribution >= 0.6 is 0 Å². The molecule has 0 aromatic heterocycles. The summed E-state index contributed by atoms with van der Waals surface area (Å²) in [6.07, 6.45) is 8.03. The molecule has 0 unspecified atom stereocenters. The lowest BCUT2D eigenvalue weighted by Crippen LogP contribution is -2.14. The number of halogens is 3. The van der Waals surface area contributed by atoms with Crippen molar-refractivity contribution in [2.75, 3.05) is 0 Å². The quantitative estimate of drug-likeness (QED) is 0.337. The summed E-state index contributed by atoms with van der Waals surface area (Å²) in [4.78, 5) is 0. The van der Waals surface area contributed by atoms with Crippen molar-refractivity contribution >= 4 is 0 Å². The Morgan fingerprint density at radius 3 is 2.09 bits per heavy atom. The Hall–Kier alpha value is -2.55. The second-order valence-corrected chi connectivity index (χ2v) is 9.62. The van der Waals surface area contributed by atoms with E-state index in [1.807, 2.05) is 30.3 Å². The lowest BCUT2D eigenvalue weighted by molar-refractivity contribution is 0.303. The SMILES string of the molecule is CCCC1CCC(c2ccc(-c3ccc(CCc4ccc(C)c(F)c4)cc3)c(F)c2F)CC1. The van der Waals surface area contributed by atoms with E-state index in [9.17, 15) is 4.39 Å². The van der Waals surface area contributed by atoms with Crippen LogP contribution in [0.15, 0.2) is 54.6 Å². The monoisotopic (exact) mass is 450 g/mol. The highest BCUT2D eigenvalue weighted by Gasteiger charge is 2.26. The van der Waals surface area contributed by atoms with Crippen LogP contribution in [0.4, 0.5) is 13.2 Å². The van der Waals surface area contributed by atoms with Crippen LogP contribution < -0.4 is 0 Å². The third-order valence-corrected chi connectivity index (χ3v) is 7.30. The molecule has 0 aliphatic heterocycles. The first-order chi connectivity index (χ1) is 16.0. The number of benzene rings is 3. The van der Waals surface area contributed by atoms with E-state index in [4.69, 9.17) is 0 Å². The summed E-state index contributed by atoms with van der Waals surface area (Å²) < 4.78 is 43.8. The van der Waals surface area contributed by atoms with Crippen molar-refractivity contribution in [2.24, 2.45) is 5.92 Å². The molecule has 0 heterocycles. The van der Waals surface area contributed by atoms with Crippen LogP contribution in [0, 0.1) is 30.3 Å². The van der Waals surface area contributed by atoms with Gasteiger partial charge in [0.1, 0.15) is 5.82 Å². The molecule has 3 aromatic carbocycles. The van der Waals surface area contributed by atoms with E-state index in [0.29, 0.717) is 22.3 Å². The minimum absolute atomic E-state index is 0.121. The first-order valence-corrected chi connectivity index (χ1v) is 12.3. The van der Waals surface area contributed by atoms with E-state index < -0.39 is 11.6 Å². The van der Waals surface area contributed by atoms with Crippen LogP contribution in [0.3, 0.4) is 0 Å². The average molecular weight is 451 g/mol. The highest BCUT2D eigenvalue weighted by Crippen LogP contribution is 2.40. The molecule has 0 amide bonds. The molecular formula is C30H33F3. The van der Waals surface area contributed by atoms with Gasteiger partial charge in [0.25, 0.3) is 0 Å². The predicted molar refractivity (Wildman–Crippen MR) is 130 cm³/mol. The second-order valence-electron chi connectivity index (χ2n) is 9.62. The first kappa shape index (κ1) is 23.6. The molecule has 0 spiro atoms. The van der Waals surface area contributed by atoms with Gasteiger partial charge in [0, 0.05) is 5.56 Å². The minimum atomic E-state index is -0.744. The van der Waals surface area contributed by atoms with Crippen molar-refractivity contribution in [3.8, 4) is 11.1 Å². The minimum Gasteiger partial charge on any atom is -0.207 e. The van der Waals surface area contributed by atoms with Gasteiger partial charge in [-0.05, 0) is 91.2 Å². The van der Waals surface area contributed by atoms with Crippen molar-refractivity contribution in [2.45, 2.75) is 71.1 Å². The fraction of sp³-hybridized carbons (Fsp3) is 0.400. The lowest BCUT2D eigenvalue weighted by atomic mass is 9.77. The summed E-state index contributed by atoms with van der Waals surface area (Å²) in [6.45, 7) is 3.96. The molecule has 1 aliphatic carbocycles. The van der Waals surface area contributed by atoms with Gasteiger partial charge in [0.05, 0.1) is 0 Å². The molecule has 0 radical (unpaired) electrons. The van der Waals surface area contributed by atoms with Crippen LogP contribution in [0.25, 0.3) is 11.1 Å². The summed E-state index contributed by atoms with van der Waals surface area (Å²) in [5.74, 6) is -0.751. The Morgan fingerprint density at radius 2 is 1.42 bits per heavy atom. The van der Waals surface area contributed by atoms with Crippen molar-refractivity contribution in [3.63, 3.8) is 0 Å². The predicted octanol–water partition coefficient (Wildman–Crippen LogP) is 8.94. The summed E-state index contributed by atoms with van der Waals surface area (Å²) in [5.41, 5.74) is 4.20. The Balaban J connectivity index is 1.43. The molecule has 3 heteroatoms. The summed E-state index contributed by atoms with van der Waals surface area (Å²) in [6, 6.07) is 16.4. The van der Waals surface area contributed by atoms with E-state index in [1.165, 1.54) is 12.8 Å². The van der Waals surface area contributed by atoms with Crippen molar-refractivity contribution in [1.29, 1.82) is 0 Å². The van der Waals surface area contributed by atoms with Crippen LogP contribution in [-0.2, 0) is 12.8 Å². The maximum Gasteiger partial charge on any atom is 0.166 e. The molecule has 1 saturated carbocycles. The second kappa shape index (κ2) is 10.6. The molecule has 4 rings (SSSR count). The van der Waals surface area contributed by atoms with Gasteiger partial charge in [-0.15, -0.1) is 0 Å². The number of hydrogen-bond acceptors (Lipinski definition) is 0. The third kappa shape index (κ3) is 5.51. The van der Waals surface area contributed by atoms with Gasteiger partial charge in [0.2, 0.25) is 0 Å². The average Bonchev–Trinajstić information content (AvgIpc) is 2.83. The molecule has 0 bridgehead atoms. The van der Waals surface area contributed by atoms with Gasteiger partial charge >= 0.3 is 0 Å². The van der Waals surface area contributed by atoms with Crippen LogP contribution in [0.1, 0.15) is 73.6 Å². The van der Waals surface area contributed by atoms with Crippen LogP contribution in [0.5, 0.6) is 0 Å². The normalized spacial score (nSPS) is 18.5. The Morgan fingerprint density at radius 1 is 0.758 bits per heavy atom. The van der Waals surface area contributed by atoms with E-state index in [0.717, 1.165) is 55.6 Å². The van der Waals surface area contributed by atoms with Gasteiger partial charge in [0.15, 0.2) is 11.6 Å². The van der Waals surface area contributed by atoms with Crippen molar-refractivity contribution in [1.82, 2.24) is 0 Å². The number of rotatable bonds is 7. The third-order valence-electron chi connectivity index (χ3n) is 7.30. The fourth-order valence-electron chi connectivity index (χ4n) is 5.20. The molecule has 0 nitrogen and oxygen atoms in total. The molecule has 33 heavy (non-hydrogen) atoms. The van der Waals surface area contributed by atoms with Crippen LogP contribution in [-0.4, -0.2) is 0 Å². The maximum absolute atomic E-state index is 15.0. The zero-order valence-corrected chi connectivity index (χ0v) is 19.6. The van der Waals surface area contributed by atoms with Crippen molar-refractivity contribution in [3.05, 3.63) is 94.3 Å². The van der Waals surface area contributed by atoms with Gasteiger partial charge < -0.3 is 0 Å². The maximum atomic E-state index is 15.0. The summed E-state index contributed by atoms with van der Waals surface area (Å²) in [7, 11) is 0. The van der Waals surface area contributed by atoms with E-state index in [-0.39, 0.29) is 11.7 Å². The van der Waals surface area contributed by atoms with Crippen LogP contribution in [0.2, 0.25) is 0 Å². The highest BCUT2D eigenvalue weighted by atomic mass is 19.2. The first-order valence-electron chi connectivity index (χ1n) is 12.3. The lowest BCUT2D eigenvalue weighted by Gasteiger charge is -2.29. The fourth-order valence-corrected chi connectivity index (χ4v) is 5.20. The summed E-state index contributed by atoms with van der Waals surface area (Å²) >= 11 is 0. The molecule has 1 aliphatic rings. The van der Waals surface area contributed by atoms with Gasteiger partial charge in [-0.1, -0.05) is 68.3 Å². The van der Waals surface area contributed by atoms with E-state index in [1.54, 1.807) is 31.2 Å². The van der Waals surface area contributed by atoms with E-state index in [2.05, 4.69) is 6.92 Å². The Labute approximate surface area is 195 Å². The largest absolute Gasteiger partial charge is 0.207 e. The Kier molecular flexibility index (Phi) is 7.57. The molecule has 0 atom stereocenters. The molecule has 0 N–H and O–H groups in total. The number of hydrogen-bond donors (Lipinski definition) is 0. The number of aryl methyl sites for hydroxylation is 3. The standard InChI is InChI=1S/C30H33F3/c1-3-4-21-9-13-24(14-10-21)26-17-18-27(30(33)29(26)32)25-15-11-22(12-16-25)7-8-23-6-5-20(2)28(31)19-23/h5-6,11-12,15-19,21,24H,3-4,7-10,13-14H2,1-2H3. The zero-order chi connectivity index (χ0) is 23.4. The van der Waals surface area contributed by atoms with Crippen molar-refractivity contribution < 1.29 is 13.2 Å². The molecular weight excluding hydrogens is 417 g/mol. The van der Waals surface area contributed by atoms with Gasteiger partial charge in [-0.2, -0.15) is 0 Å². The highest BCUT2D eigenvalue weighted by molar-refractivity contribution is 5.65.